The first-order valence-electron chi connectivity index (χ1n) is 13.7. The molecule has 0 aromatic rings. The Morgan fingerprint density at radius 3 is 1.32 bits per heavy atom. The number of hydrogen-bond acceptors (Lipinski definition) is 0. The van der Waals surface area contributed by atoms with E-state index < -0.39 is 0 Å². The molecular formula is C28H50. The Morgan fingerprint density at radius 2 is 0.929 bits per heavy atom. The van der Waals surface area contributed by atoms with Crippen molar-refractivity contribution in [3.8, 4) is 0 Å². The Kier molecular flexibility index (Phi) is 7.15. The lowest BCUT2D eigenvalue weighted by Crippen LogP contribution is -2.49. The van der Waals surface area contributed by atoms with Gasteiger partial charge < -0.3 is 0 Å². The van der Waals surface area contributed by atoms with Gasteiger partial charge in [-0.05, 0) is 98.7 Å². The zero-order valence-corrected chi connectivity index (χ0v) is 19.5. The second-order valence-corrected chi connectivity index (χ2v) is 11.9. The van der Waals surface area contributed by atoms with Crippen LogP contribution in [-0.2, 0) is 0 Å². The van der Waals surface area contributed by atoms with Gasteiger partial charge in [-0.3, -0.25) is 0 Å². The van der Waals surface area contributed by atoms with Crippen LogP contribution < -0.4 is 0 Å². The van der Waals surface area contributed by atoms with Crippen molar-refractivity contribution in [3.63, 3.8) is 0 Å². The molecular weight excluding hydrogens is 336 g/mol. The summed E-state index contributed by atoms with van der Waals surface area (Å²) >= 11 is 0. The molecule has 0 heterocycles. The Bertz CT molecular complexity index is 436. The molecule has 5 saturated carbocycles. The van der Waals surface area contributed by atoms with Crippen LogP contribution in [0.15, 0.2) is 0 Å². The lowest BCUT2D eigenvalue weighted by molar-refractivity contribution is -0.0959. The van der Waals surface area contributed by atoms with Gasteiger partial charge in [-0.15, -0.1) is 0 Å². The van der Waals surface area contributed by atoms with Gasteiger partial charge in [0.25, 0.3) is 0 Å². The lowest BCUT2D eigenvalue weighted by atomic mass is 9.45. The average molecular weight is 387 g/mol. The van der Waals surface area contributed by atoms with E-state index >= 15 is 0 Å². The van der Waals surface area contributed by atoms with Crippen molar-refractivity contribution >= 4 is 0 Å². The van der Waals surface area contributed by atoms with E-state index in [-0.39, 0.29) is 0 Å². The van der Waals surface area contributed by atoms with Crippen LogP contribution in [0.2, 0.25) is 0 Å². The normalized spacial score (nSPS) is 43.9. The lowest BCUT2D eigenvalue weighted by Gasteiger charge is -2.60. The highest BCUT2D eigenvalue weighted by atomic mass is 14.6. The second-order valence-electron chi connectivity index (χ2n) is 11.9. The number of fused-ring (bicyclic) bond motifs is 3. The summed E-state index contributed by atoms with van der Waals surface area (Å²) in [5.41, 5.74) is 1.60. The van der Waals surface area contributed by atoms with Crippen molar-refractivity contribution in [1.82, 2.24) is 0 Å². The summed E-state index contributed by atoms with van der Waals surface area (Å²) in [6.07, 6.45) is 31.1. The monoisotopic (exact) mass is 386 g/mol. The van der Waals surface area contributed by atoms with Crippen molar-refractivity contribution in [2.45, 2.75) is 142 Å². The van der Waals surface area contributed by atoms with Gasteiger partial charge in [0.05, 0.1) is 0 Å². The quantitative estimate of drug-likeness (QED) is 0.364. The van der Waals surface area contributed by atoms with Gasteiger partial charge in [0.2, 0.25) is 0 Å². The van der Waals surface area contributed by atoms with Crippen molar-refractivity contribution in [2.75, 3.05) is 0 Å². The summed E-state index contributed by atoms with van der Waals surface area (Å²) in [5.74, 6) is 4.38. The fourth-order valence-corrected chi connectivity index (χ4v) is 8.69. The molecule has 0 unspecified atom stereocenters. The summed E-state index contributed by atoms with van der Waals surface area (Å²) in [6.45, 7) is 4.73. The van der Waals surface area contributed by atoms with Crippen LogP contribution in [0.1, 0.15) is 142 Å². The molecule has 0 heteroatoms. The van der Waals surface area contributed by atoms with Gasteiger partial charge in [0.15, 0.2) is 0 Å². The zero-order valence-electron chi connectivity index (χ0n) is 19.5. The van der Waals surface area contributed by atoms with Crippen LogP contribution in [0, 0.1) is 34.5 Å². The molecule has 162 valence electrons. The molecule has 0 nitrogen and oxygen atoms in total. The minimum Gasteiger partial charge on any atom is -0.0654 e. The van der Waals surface area contributed by atoms with Crippen LogP contribution in [-0.4, -0.2) is 0 Å². The molecule has 0 N–H and O–H groups in total. The smallest absolute Gasteiger partial charge is 0.0269 e. The third kappa shape index (κ3) is 4.37. The second kappa shape index (κ2) is 9.43. The van der Waals surface area contributed by atoms with E-state index in [2.05, 4.69) is 13.8 Å². The van der Waals surface area contributed by atoms with Crippen molar-refractivity contribution in [1.29, 1.82) is 0 Å². The van der Waals surface area contributed by atoms with Crippen LogP contribution >= 0.6 is 0 Å². The molecule has 0 aliphatic heterocycles. The summed E-state index contributed by atoms with van der Waals surface area (Å²) in [6, 6.07) is 0. The van der Waals surface area contributed by atoms with Crippen LogP contribution in [0.4, 0.5) is 0 Å². The largest absolute Gasteiger partial charge is 0.0654 e. The Morgan fingerprint density at radius 1 is 0.500 bits per heavy atom. The maximum Gasteiger partial charge on any atom is -0.0269 e. The van der Waals surface area contributed by atoms with E-state index in [9.17, 15) is 0 Å². The van der Waals surface area contributed by atoms with Gasteiger partial charge in [-0.2, -0.15) is 0 Å². The first-order chi connectivity index (χ1) is 13.7. The molecule has 0 radical (unpaired) electrons. The van der Waals surface area contributed by atoms with Crippen molar-refractivity contribution in [3.05, 3.63) is 0 Å². The Hall–Kier alpha value is 0. The molecule has 5 aliphatic carbocycles. The molecule has 5 rings (SSSR count). The van der Waals surface area contributed by atoms with Crippen molar-refractivity contribution in [2.24, 2.45) is 34.5 Å². The topological polar surface area (TPSA) is 0 Å². The number of rotatable bonds is 8. The average Bonchev–Trinajstić information content (AvgIpc) is 2.76. The fraction of sp³-hybridized carbons (Fsp3) is 1.00. The van der Waals surface area contributed by atoms with Crippen LogP contribution in [0.25, 0.3) is 0 Å². The van der Waals surface area contributed by atoms with Gasteiger partial charge >= 0.3 is 0 Å². The molecule has 5 fully saturated rings. The highest BCUT2D eigenvalue weighted by Gasteiger charge is 2.54. The molecule has 0 aromatic heterocycles. The molecule has 0 spiro atoms. The van der Waals surface area contributed by atoms with Crippen LogP contribution in [0.3, 0.4) is 0 Å². The first-order valence-corrected chi connectivity index (χ1v) is 13.7. The number of hydrogen-bond donors (Lipinski definition) is 0. The molecule has 0 aromatic carbocycles. The Labute approximate surface area is 177 Å². The summed E-state index contributed by atoms with van der Waals surface area (Å²) < 4.78 is 0. The molecule has 0 amide bonds. The predicted octanol–water partition coefficient (Wildman–Crippen LogP) is 9.32. The van der Waals surface area contributed by atoms with Gasteiger partial charge in [0, 0.05) is 0 Å². The van der Waals surface area contributed by atoms with E-state index in [0.717, 1.165) is 34.5 Å². The summed E-state index contributed by atoms with van der Waals surface area (Å²) in [7, 11) is 0. The van der Waals surface area contributed by atoms with E-state index in [0.29, 0.717) is 0 Å². The third-order valence-electron chi connectivity index (χ3n) is 10.7. The highest BCUT2D eigenvalue weighted by molar-refractivity contribution is 5.05. The van der Waals surface area contributed by atoms with E-state index in [4.69, 9.17) is 0 Å². The molecule has 2 bridgehead atoms. The molecule has 28 heavy (non-hydrogen) atoms. The van der Waals surface area contributed by atoms with Crippen LogP contribution in [0.5, 0.6) is 0 Å². The standard InChI is InChI=1S/C28H50/c1-3-5-6-8-24-11-15-26(16-12-24)28-20-17-27(18-21-28,19-22-28)25-13-9-23(7-4-2)10-14-25/h23-26H,3-22H2,1-2H3/t23-,24-,25-,26-,27?,28?. The van der Waals surface area contributed by atoms with E-state index in [1.807, 2.05) is 0 Å². The van der Waals surface area contributed by atoms with Gasteiger partial charge in [0.1, 0.15) is 0 Å². The van der Waals surface area contributed by atoms with Gasteiger partial charge in [-0.1, -0.05) is 78.1 Å². The minimum absolute atomic E-state index is 0.801. The van der Waals surface area contributed by atoms with Crippen molar-refractivity contribution < 1.29 is 0 Å². The third-order valence-corrected chi connectivity index (χ3v) is 10.7. The van der Waals surface area contributed by atoms with E-state index in [1.54, 1.807) is 89.9 Å². The predicted molar refractivity (Wildman–Crippen MR) is 123 cm³/mol. The highest BCUT2D eigenvalue weighted by Crippen LogP contribution is 2.66. The maximum atomic E-state index is 2.38. The first kappa shape index (κ1) is 21.2. The Balaban J connectivity index is 1.26. The maximum absolute atomic E-state index is 2.38. The zero-order chi connectivity index (χ0) is 19.5. The minimum atomic E-state index is 0.801. The molecule has 0 atom stereocenters. The van der Waals surface area contributed by atoms with E-state index in [1.165, 1.54) is 38.5 Å². The molecule has 0 saturated heterocycles. The van der Waals surface area contributed by atoms with Gasteiger partial charge in [-0.25, -0.2) is 0 Å². The summed E-state index contributed by atoms with van der Waals surface area (Å²) in [4.78, 5) is 0. The number of unbranched alkanes of at least 4 members (excludes halogenated alkanes) is 2. The SMILES string of the molecule is CCCCC[C@H]1CC[C@H](C23CCC([C@H]4CC[C@H](CCC)CC4)(CC2)CC3)CC1. The molecule has 5 aliphatic rings. The fourth-order valence-electron chi connectivity index (χ4n) is 8.69. The summed E-state index contributed by atoms with van der Waals surface area (Å²) in [5, 5.41) is 0.